The fraction of sp³-hybridized carbons (Fsp3) is 0.0588. The molecule has 0 saturated heterocycles. The molecule has 2 aromatic rings. The average molecular weight is 250 g/mol. The number of allylic oxidation sites excluding steroid dienone is 2. The number of hydrogen-bond acceptors (Lipinski definition) is 0. The smallest absolute Gasteiger partial charge is 0.0961 e. The standard InChI is InChI=1S/C17H18Si/c1-15(2)13-14-18(16-9-5-3-6-10-16)17-11-7-4-8-12-17/h3-14,18H,1H2,2H3. The first-order valence-corrected chi connectivity index (χ1v) is 8.03. The van der Waals surface area contributed by atoms with Gasteiger partial charge in [0.25, 0.3) is 0 Å². The monoisotopic (exact) mass is 250 g/mol. The Morgan fingerprint density at radius 2 is 1.33 bits per heavy atom. The number of benzene rings is 2. The van der Waals surface area contributed by atoms with Gasteiger partial charge in [0.15, 0.2) is 0 Å². The summed E-state index contributed by atoms with van der Waals surface area (Å²) < 4.78 is 0. The first-order chi connectivity index (χ1) is 8.77. The van der Waals surface area contributed by atoms with Crippen LogP contribution in [0.2, 0.25) is 0 Å². The van der Waals surface area contributed by atoms with E-state index in [1.807, 2.05) is 6.92 Å². The van der Waals surface area contributed by atoms with E-state index in [1.54, 1.807) is 0 Å². The van der Waals surface area contributed by atoms with E-state index in [4.69, 9.17) is 0 Å². The molecular formula is C17H18Si. The molecule has 18 heavy (non-hydrogen) atoms. The van der Waals surface area contributed by atoms with Crippen molar-refractivity contribution in [2.45, 2.75) is 6.92 Å². The maximum absolute atomic E-state index is 3.95. The number of rotatable bonds is 4. The van der Waals surface area contributed by atoms with Gasteiger partial charge in [-0.3, -0.25) is 0 Å². The van der Waals surface area contributed by atoms with Crippen molar-refractivity contribution in [2.24, 2.45) is 0 Å². The van der Waals surface area contributed by atoms with E-state index >= 15 is 0 Å². The number of hydrogen-bond donors (Lipinski definition) is 0. The third-order valence-electron chi connectivity index (χ3n) is 2.89. The van der Waals surface area contributed by atoms with Gasteiger partial charge in [-0.1, -0.05) is 95.0 Å². The van der Waals surface area contributed by atoms with Crippen molar-refractivity contribution in [3.63, 3.8) is 0 Å². The predicted octanol–water partition coefficient (Wildman–Crippen LogP) is 2.70. The molecule has 1 heteroatoms. The summed E-state index contributed by atoms with van der Waals surface area (Å²) in [5.74, 6) is 0. The molecule has 2 aromatic carbocycles. The molecule has 0 bridgehead atoms. The van der Waals surface area contributed by atoms with Crippen LogP contribution in [0, 0.1) is 0 Å². The summed E-state index contributed by atoms with van der Waals surface area (Å²) in [6, 6.07) is 21.5. The molecule has 0 aliphatic carbocycles. The zero-order valence-corrected chi connectivity index (χ0v) is 11.9. The van der Waals surface area contributed by atoms with Crippen molar-refractivity contribution in [1.29, 1.82) is 0 Å². The third-order valence-corrected chi connectivity index (χ3v) is 5.67. The topological polar surface area (TPSA) is 0 Å². The summed E-state index contributed by atoms with van der Waals surface area (Å²) in [6.07, 6.45) is 2.15. The molecule has 0 atom stereocenters. The first-order valence-electron chi connectivity index (χ1n) is 6.21. The van der Waals surface area contributed by atoms with Crippen LogP contribution < -0.4 is 10.4 Å². The fourth-order valence-corrected chi connectivity index (χ4v) is 4.62. The van der Waals surface area contributed by atoms with Gasteiger partial charge in [-0.15, -0.1) is 0 Å². The van der Waals surface area contributed by atoms with Crippen molar-refractivity contribution in [1.82, 2.24) is 0 Å². The van der Waals surface area contributed by atoms with E-state index in [0.717, 1.165) is 5.57 Å². The summed E-state index contributed by atoms with van der Waals surface area (Å²) >= 11 is 0. The van der Waals surface area contributed by atoms with Gasteiger partial charge in [0.05, 0.1) is 0 Å². The Kier molecular flexibility index (Phi) is 4.32. The predicted molar refractivity (Wildman–Crippen MR) is 83.3 cm³/mol. The molecule has 0 N–H and O–H groups in total. The van der Waals surface area contributed by atoms with Gasteiger partial charge in [0.1, 0.15) is 8.80 Å². The Balaban J connectivity index is 2.38. The minimum atomic E-state index is -1.25. The van der Waals surface area contributed by atoms with Crippen molar-refractivity contribution in [3.8, 4) is 0 Å². The normalized spacial score (nSPS) is 11.0. The van der Waals surface area contributed by atoms with E-state index in [0.29, 0.717) is 0 Å². The Morgan fingerprint density at radius 3 is 1.72 bits per heavy atom. The van der Waals surface area contributed by atoms with Gasteiger partial charge in [0.2, 0.25) is 0 Å². The summed E-state index contributed by atoms with van der Waals surface area (Å²) in [5, 5.41) is 2.89. The van der Waals surface area contributed by atoms with Crippen molar-refractivity contribution < 1.29 is 0 Å². The molecular weight excluding hydrogens is 232 g/mol. The maximum atomic E-state index is 3.95. The maximum Gasteiger partial charge on any atom is 0.125 e. The highest BCUT2D eigenvalue weighted by Gasteiger charge is 2.11. The zero-order chi connectivity index (χ0) is 12.8. The molecule has 0 saturated carbocycles. The molecule has 0 aliphatic rings. The lowest BCUT2D eigenvalue weighted by atomic mass is 10.4. The minimum Gasteiger partial charge on any atom is -0.0961 e. The zero-order valence-electron chi connectivity index (χ0n) is 10.7. The molecule has 0 spiro atoms. The second-order valence-electron chi connectivity index (χ2n) is 4.50. The van der Waals surface area contributed by atoms with Gasteiger partial charge in [-0.25, -0.2) is 0 Å². The average Bonchev–Trinajstić information content (AvgIpc) is 2.41. The molecule has 0 amide bonds. The lowest BCUT2D eigenvalue weighted by Gasteiger charge is -2.12. The Hall–Kier alpha value is -1.86. The van der Waals surface area contributed by atoms with Crippen LogP contribution in [0.4, 0.5) is 0 Å². The first kappa shape index (κ1) is 12.6. The molecule has 2 rings (SSSR count). The molecule has 0 nitrogen and oxygen atoms in total. The van der Waals surface area contributed by atoms with E-state index in [1.165, 1.54) is 10.4 Å². The van der Waals surface area contributed by atoms with Crippen LogP contribution in [0.25, 0.3) is 0 Å². The fourth-order valence-electron chi connectivity index (χ4n) is 2.00. The molecule has 0 heterocycles. The van der Waals surface area contributed by atoms with Crippen molar-refractivity contribution >= 4 is 19.2 Å². The summed E-state index contributed by atoms with van der Waals surface area (Å²) in [6.45, 7) is 5.99. The molecule has 0 radical (unpaired) electrons. The summed E-state index contributed by atoms with van der Waals surface area (Å²) in [5.41, 5.74) is 3.46. The van der Waals surface area contributed by atoms with Gasteiger partial charge in [-0.05, 0) is 6.92 Å². The Bertz CT molecular complexity index is 487. The summed E-state index contributed by atoms with van der Waals surface area (Å²) in [4.78, 5) is 0. The Morgan fingerprint density at radius 1 is 0.889 bits per heavy atom. The van der Waals surface area contributed by atoms with E-state index in [9.17, 15) is 0 Å². The lowest BCUT2D eigenvalue weighted by molar-refractivity contribution is 1.57. The van der Waals surface area contributed by atoms with Gasteiger partial charge in [-0.2, -0.15) is 0 Å². The molecule has 0 unspecified atom stereocenters. The highest BCUT2D eigenvalue weighted by atomic mass is 28.3. The highest BCUT2D eigenvalue weighted by Crippen LogP contribution is 1.97. The van der Waals surface area contributed by atoms with E-state index in [2.05, 4.69) is 79.0 Å². The van der Waals surface area contributed by atoms with Gasteiger partial charge in [0, 0.05) is 0 Å². The quantitative estimate of drug-likeness (QED) is 0.578. The van der Waals surface area contributed by atoms with Crippen molar-refractivity contribution in [3.05, 3.63) is 84.6 Å². The van der Waals surface area contributed by atoms with Crippen LogP contribution >= 0.6 is 0 Å². The second kappa shape index (κ2) is 6.17. The lowest BCUT2D eigenvalue weighted by Crippen LogP contribution is -2.40. The minimum absolute atomic E-state index is 1.11. The SMILES string of the molecule is C=C(C)C=C[SiH](c1ccccc1)c1ccccc1. The largest absolute Gasteiger partial charge is 0.125 e. The van der Waals surface area contributed by atoms with Crippen LogP contribution in [0.15, 0.2) is 84.6 Å². The van der Waals surface area contributed by atoms with E-state index in [-0.39, 0.29) is 0 Å². The second-order valence-corrected chi connectivity index (χ2v) is 7.18. The molecule has 0 aliphatic heterocycles. The Labute approximate surface area is 111 Å². The van der Waals surface area contributed by atoms with Gasteiger partial charge >= 0.3 is 0 Å². The van der Waals surface area contributed by atoms with Gasteiger partial charge < -0.3 is 0 Å². The van der Waals surface area contributed by atoms with Crippen LogP contribution in [0.5, 0.6) is 0 Å². The molecule has 0 aromatic heterocycles. The van der Waals surface area contributed by atoms with Crippen LogP contribution in [-0.4, -0.2) is 8.80 Å². The van der Waals surface area contributed by atoms with Crippen LogP contribution in [-0.2, 0) is 0 Å². The molecule has 90 valence electrons. The highest BCUT2D eigenvalue weighted by molar-refractivity contribution is 6.89. The van der Waals surface area contributed by atoms with Crippen LogP contribution in [0.3, 0.4) is 0 Å². The van der Waals surface area contributed by atoms with E-state index < -0.39 is 8.80 Å². The summed E-state index contributed by atoms with van der Waals surface area (Å²) in [7, 11) is -1.25. The molecule has 0 fully saturated rings. The third kappa shape index (κ3) is 3.31. The van der Waals surface area contributed by atoms with Crippen LogP contribution in [0.1, 0.15) is 6.92 Å². The van der Waals surface area contributed by atoms with Crippen molar-refractivity contribution in [2.75, 3.05) is 0 Å².